The molecule has 1 aromatic heterocycles. The molecule has 3 aliphatic rings. The number of halogens is 1. The van der Waals surface area contributed by atoms with Crippen molar-refractivity contribution in [2.45, 2.75) is 76.4 Å². The highest BCUT2D eigenvalue weighted by atomic mass is 35.5. The number of aryl methyl sites for hydroxylation is 1. The Hall–Kier alpha value is -3.83. The summed E-state index contributed by atoms with van der Waals surface area (Å²) >= 11 is 6.47. The highest BCUT2D eigenvalue weighted by Crippen LogP contribution is 2.28. The first-order valence-corrected chi connectivity index (χ1v) is 17.1. The largest absolute Gasteiger partial charge is 0.397 e. The van der Waals surface area contributed by atoms with Crippen molar-refractivity contribution in [1.82, 2.24) is 34.8 Å². The Kier molecular flexibility index (Phi) is 9.98. The minimum atomic E-state index is -0.736. The molecule has 46 heavy (non-hydrogen) atoms. The molecule has 4 heterocycles. The average molecular weight is 649 g/mol. The number of benzene rings is 2. The second kappa shape index (κ2) is 14.3. The van der Waals surface area contributed by atoms with Gasteiger partial charge in [-0.25, -0.2) is 14.3 Å². The zero-order valence-corrected chi connectivity index (χ0v) is 27.3. The van der Waals surface area contributed by atoms with Gasteiger partial charge in [0.05, 0.1) is 16.8 Å². The molecule has 3 aliphatic heterocycles. The maximum Gasteiger partial charge on any atom is 0.343 e. The molecular formula is C34H45ClN8O3. The van der Waals surface area contributed by atoms with Crippen LogP contribution in [0.5, 0.6) is 0 Å². The number of aromatic nitrogens is 3. The standard InChI is InChI=1S/C34H45ClN8O3/c1-2-24-20-23(21-28(35)30(24)36)22-29(32(44)41-16-10-26(11-17-41)40-14-6-7-15-40)37-33(45)42-18-12-27(13-19-42)43-34(46)38-31(39-43)25-8-4-3-5-9-25/h3-5,8-9,20-21,26-27,29H,2,6-7,10-19,22,36H2,1H3,(H,37,45)(H,38,39,46)/t29-/m1/s1. The van der Waals surface area contributed by atoms with Crippen molar-refractivity contribution < 1.29 is 9.59 Å². The predicted molar refractivity (Wildman–Crippen MR) is 180 cm³/mol. The fraction of sp³-hybridized carbons (Fsp3) is 0.529. The van der Waals surface area contributed by atoms with Gasteiger partial charge in [-0.2, -0.15) is 0 Å². The Bertz CT molecular complexity index is 1570. The fourth-order valence-corrected chi connectivity index (χ4v) is 7.49. The van der Waals surface area contributed by atoms with Crippen molar-refractivity contribution >= 4 is 29.2 Å². The smallest absolute Gasteiger partial charge is 0.343 e. The first kappa shape index (κ1) is 32.1. The Labute approximate surface area is 275 Å². The molecule has 6 rings (SSSR count). The van der Waals surface area contributed by atoms with Crippen LogP contribution in [0.2, 0.25) is 5.02 Å². The summed E-state index contributed by atoms with van der Waals surface area (Å²) in [4.78, 5) is 49.5. The molecule has 4 N–H and O–H groups in total. The van der Waals surface area contributed by atoms with E-state index in [2.05, 4.69) is 20.3 Å². The summed E-state index contributed by atoms with van der Waals surface area (Å²) < 4.78 is 1.51. The molecule has 2 aromatic carbocycles. The first-order valence-electron chi connectivity index (χ1n) is 16.7. The van der Waals surface area contributed by atoms with Crippen molar-refractivity contribution in [2.75, 3.05) is 45.0 Å². The van der Waals surface area contributed by atoms with Crippen LogP contribution >= 0.6 is 11.6 Å². The zero-order valence-electron chi connectivity index (χ0n) is 26.6. The molecule has 246 valence electrons. The number of urea groups is 1. The van der Waals surface area contributed by atoms with E-state index in [1.165, 1.54) is 17.5 Å². The summed E-state index contributed by atoms with van der Waals surface area (Å²) in [6, 6.07) is 12.7. The summed E-state index contributed by atoms with van der Waals surface area (Å²) in [6.45, 7) is 6.58. The lowest BCUT2D eigenvalue weighted by Crippen LogP contribution is -2.56. The van der Waals surface area contributed by atoms with Crippen LogP contribution in [0, 0.1) is 0 Å². The van der Waals surface area contributed by atoms with Gasteiger partial charge in [0, 0.05) is 44.2 Å². The van der Waals surface area contributed by atoms with Gasteiger partial charge in [-0.05, 0) is 75.2 Å². The van der Waals surface area contributed by atoms with Crippen molar-refractivity contribution in [3.05, 3.63) is 69.1 Å². The highest BCUT2D eigenvalue weighted by molar-refractivity contribution is 6.33. The topological polar surface area (TPSA) is 133 Å². The third kappa shape index (κ3) is 7.10. The molecule has 3 amide bonds. The normalized spacial score (nSPS) is 19.0. The SMILES string of the molecule is CCc1cc(C[C@@H](NC(=O)N2CCC(n3nc(-c4ccccc4)[nH]c3=O)CC2)C(=O)N2CCC(N3CCCC3)CC2)cc(Cl)c1N. The second-order valence-electron chi connectivity index (χ2n) is 12.8. The maximum atomic E-state index is 14.0. The van der Waals surface area contributed by atoms with E-state index in [1.54, 1.807) is 11.0 Å². The summed E-state index contributed by atoms with van der Waals surface area (Å²) in [6.07, 6.45) is 6.62. The van der Waals surface area contributed by atoms with Gasteiger partial charge in [-0.1, -0.05) is 54.9 Å². The molecule has 11 nitrogen and oxygen atoms in total. The molecule has 3 saturated heterocycles. The Morgan fingerprint density at radius 1 is 0.978 bits per heavy atom. The number of nitrogens with one attached hydrogen (secondary N) is 2. The monoisotopic (exact) mass is 648 g/mol. The molecule has 0 spiro atoms. The van der Waals surface area contributed by atoms with Gasteiger partial charge in [-0.15, -0.1) is 5.10 Å². The number of hydrogen-bond acceptors (Lipinski definition) is 6. The van der Waals surface area contributed by atoms with Gasteiger partial charge >= 0.3 is 11.7 Å². The van der Waals surface area contributed by atoms with E-state index in [0.29, 0.717) is 68.0 Å². The van der Waals surface area contributed by atoms with Gasteiger partial charge in [0.15, 0.2) is 5.82 Å². The van der Waals surface area contributed by atoms with Crippen molar-refractivity contribution in [3.63, 3.8) is 0 Å². The third-order valence-corrected chi connectivity index (χ3v) is 10.2. The number of amides is 3. The number of carbonyl (C=O) groups is 2. The Balaban J connectivity index is 1.12. The van der Waals surface area contributed by atoms with Crippen LogP contribution in [-0.2, 0) is 17.6 Å². The lowest BCUT2D eigenvalue weighted by atomic mass is 9.98. The van der Waals surface area contributed by atoms with Gasteiger partial charge in [-0.3, -0.25) is 9.78 Å². The molecule has 3 fully saturated rings. The number of aromatic amines is 1. The zero-order chi connectivity index (χ0) is 32.2. The highest BCUT2D eigenvalue weighted by Gasteiger charge is 2.34. The summed E-state index contributed by atoms with van der Waals surface area (Å²) in [5.41, 5.74) is 9.13. The van der Waals surface area contributed by atoms with Crippen LogP contribution in [-0.4, -0.2) is 92.8 Å². The van der Waals surface area contributed by atoms with Gasteiger partial charge in [0.2, 0.25) is 5.91 Å². The lowest BCUT2D eigenvalue weighted by molar-refractivity contribution is -0.134. The number of nitrogen functional groups attached to an aromatic ring is 1. The van der Waals surface area contributed by atoms with E-state index in [1.807, 2.05) is 48.2 Å². The lowest BCUT2D eigenvalue weighted by Gasteiger charge is -2.38. The van der Waals surface area contributed by atoms with Crippen molar-refractivity contribution in [3.8, 4) is 11.4 Å². The average Bonchev–Trinajstić information content (AvgIpc) is 3.77. The first-order chi connectivity index (χ1) is 22.3. The minimum absolute atomic E-state index is 0.0642. The number of carbonyl (C=O) groups excluding carboxylic acids is 2. The van der Waals surface area contributed by atoms with Gasteiger partial charge < -0.3 is 25.8 Å². The number of anilines is 1. The summed E-state index contributed by atoms with van der Waals surface area (Å²) in [5, 5.41) is 8.10. The number of nitrogens with two attached hydrogens (primary N) is 1. The molecule has 0 radical (unpaired) electrons. The van der Waals surface area contributed by atoms with Gasteiger partial charge in [0.1, 0.15) is 6.04 Å². The molecule has 0 unspecified atom stereocenters. The number of piperidine rings is 2. The van der Waals surface area contributed by atoms with Crippen LogP contribution in [0.25, 0.3) is 11.4 Å². The van der Waals surface area contributed by atoms with Crippen molar-refractivity contribution in [2.24, 2.45) is 0 Å². The van der Waals surface area contributed by atoms with Crippen LogP contribution in [0.1, 0.15) is 62.6 Å². The van der Waals surface area contributed by atoms with Crippen LogP contribution in [0.3, 0.4) is 0 Å². The molecular weight excluding hydrogens is 604 g/mol. The molecule has 0 bridgehead atoms. The van der Waals surface area contributed by atoms with E-state index >= 15 is 0 Å². The number of likely N-dealkylation sites (tertiary alicyclic amines) is 3. The number of H-pyrrole nitrogens is 1. The van der Waals surface area contributed by atoms with Crippen LogP contribution < -0.4 is 16.7 Å². The summed E-state index contributed by atoms with van der Waals surface area (Å²) in [5.74, 6) is 0.469. The summed E-state index contributed by atoms with van der Waals surface area (Å²) in [7, 11) is 0. The minimum Gasteiger partial charge on any atom is -0.397 e. The predicted octanol–water partition coefficient (Wildman–Crippen LogP) is 4.08. The van der Waals surface area contributed by atoms with E-state index in [9.17, 15) is 14.4 Å². The van der Waals surface area contributed by atoms with E-state index < -0.39 is 6.04 Å². The van der Waals surface area contributed by atoms with Crippen molar-refractivity contribution in [1.29, 1.82) is 0 Å². The third-order valence-electron chi connectivity index (χ3n) is 9.91. The maximum absolute atomic E-state index is 14.0. The quantitative estimate of drug-likeness (QED) is 0.316. The molecule has 1 atom stereocenters. The van der Waals surface area contributed by atoms with Crippen LogP contribution in [0.4, 0.5) is 10.5 Å². The fourth-order valence-electron chi connectivity index (χ4n) is 7.23. The molecule has 0 aliphatic carbocycles. The Morgan fingerprint density at radius 3 is 2.30 bits per heavy atom. The Morgan fingerprint density at radius 2 is 1.63 bits per heavy atom. The van der Waals surface area contributed by atoms with E-state index in [4.69, 9.17) is 17.3 Å². The molecule has 0 saturated carbocycles. The van der Waals surface area contributed by atoms with Crippen LogP contribution in [0.15, 0.2) is 47.3 Å². The molecule has 3 aromatic rings. The number of rotatable bonds is 8. The van der Waals surface area contributed by atoms with E-state index in [-0.39, 0.29) is 23.7 Å². The number of nitrogens with zero attached hydrogens (tertiary/aromatic N) is 5. The molecule has 12 heteroatoms. The number of hydrogen-bond donors (Lipinski definition) is 3. The second-order valence-corrected chi connectivity index (χ2v) is 13.2. The van der Waals surface area contributed by atoms with E-state index in [0.717, 1.165) is 49.0 Å². The van der Waals surface area contributed by atoms with Gasteiger partial charge in [0.25, 0.3) is 0 Å².